The minimum absolute atomic E-state index is 0.270. The van der Waals surface area contributed by atoms with E-state index in [1.807, 2.05) is 24.3 Å². The van der Waals surface area contributed by atoms with Crippen LogP contribution in [0.3, 0.4) is 0 Å². The third-order valence-corrected chi connectivity index (χ3v) is 7.36. The van der Waals surface area contributed by atoms with Crippen molar-refractivity contribution in [2.75, 3.05) is 49.5 Å². The number of nitrogens with one attached hydrogen (secondary N) is 1. The van der Waals surface area contributed by atoms with E-state index >= 15 is 0 Å². The van der Waals surface area contributed by atoms with Gasteiger partial charge in [-0.05, 0) is 76.7 Å². The second-order valence-electron chi connectivity index (χ2n) is 9.48. The minimum Gasteiger partial charge on any atom is -0.377 e. The number of fused-ring (bicyclic) bond motifs is 2. The molecule has 4 aromatic rings. The SMILES string of the molecule is CCC(C1CC(CCNc2ccc3nnnn3n2)CCO1)N1CCN(c2ccc3nnnn3n2)CC1. The molecule has 14 nitrogen and oxygen atoms in total. The summed E-state index contributed by atoms with van der Waals surface area (Å²) in [4.78, 5) is 4.91. The van der Waals surface area contributed by atoms with Crippen molar-refractivity contribution in [2.45, 2.75) is 44.8 Å². The Morgan fingerprint density at radius 2 is 1.72 bits per heavy atom. The molecule has 0 spiro atoms. The van der Waals surface area contributed by atoms with Crippen LogP contribution < -0.4 is 10.2 Å². The third kappa shape index (κ3) is 4.78. The molecule has 2 aliphatic heterocycles. The number of nitrogens with zero attached hydrogens (tertiary/aromatic N) is 12. The van der Waals surface area contributed by atoms with Crippen molar-refractivity contribution in [3.05, 3.63) is 24.3 Å². The Morgan fingerprint density at radius 3 is 2.50 bits per heavy atom. The van der Waals surface area contributed by atoms with Gasteiger partial charge in [-0.1, -0.05) is 6.92 Å². The number of tetrazole rings is 2. The number of hydrogen-bond acceptors (Lipinski definition) is 12. The van der Waals surface area contributed by atoms with Crippen molar-refractivity contribution in [3.8, 4) is 0 Å². The van der Waals surface area contributed by atoms with Gasteiger partial charge in [0.2, 0.25) is 0 Å². The first-order valence-electron chi connectivity index (χ1n) is 12.7. The predicted octanol–water partition coefficient (Wildman–Crippen LogP) is 0.550. The van der Waals surface area contributed by atoms with E-state index in [1.165, 1.54) is 9.26 Å². The predicted molar refractivity (Wildman–Crippen MR) is 131 cm³/mol. The van der Waals surface area contributed by atoms with E-state index in [9.17, 15) is 0 Å². The van der Waals surface area contributed by atoms with Crippen LogP contribution in [0.25, 0.3) is 11.3 Å². The summed E-state index contributed by atoms with van der Waals surface area (Å²) < 4.78 is 9.25. The molecule has 6 rings (SSSR count). The summed E-state index contributed by atoms with van der Waals surface area (Å²) in [6, 6.07) is 8.13. The Hall–Kier alpha value is -3.52. The van der Waals surface area contributed by atoms with Crippen LogP contribution in [0.4, 0.5) is 11.6 Å². The van der Waals surface area contributed by atoms with E-state index in [1.54, 1.807) is 0 Å². The Balaban J connectivity index is 1.00. The number of hydrogen-bond donors (Lipinski definition) is 1. The standard InChI is InChI=1S/C22H31N13O/c1-2-17(32-10-12-33(13-11-32)22-6-5-21-25-29-31-35(21)27-22)18-15-16(8-14-36-18)7-9-23-19-3-4-20-24-28-30-34(20)26-19/h3-6,16-18H,2,7-15H2,1H3,(H,23,26). The van der Waals surface area contributed by atoms with E-state index in [0.717, 1.165) is 76.6 Å². The van der Waals surface area contributed by atoms with Crippen molar-refractivity contribution in [3.63, 3.8) is 0 Å². The van der Waals surface area contributed by atoms with Crippen molar-refractivity contribution < 1.29 is 4.74 Å². The maximum atomic E-state index is 6.32. The molecule has 3 unspecified atom stereocenters. The molecule has 0 saturated carbocycles. The highest BCUT2D eigenvalue weighted by Crippen LogP contribution is 2.29. The molecule has 4 aromatic heterocycles. The quantitative estimate of drug-likeness (QED) is 0.366. The maximum Gasteiger partial charge on any atom is 0.200 e. The molecule has 0 radical (unpaired) electrons. The Bertz CT molecular complexity index is 1280. The Labute approximate surface area is 208 Å². The van der Waals surface area contributed by atoms with Gasteiger partial charge in [0.05, 0.1) is 6.10 Å². The van der Waals surface area contributed by atoms with Gasteiger partial charge in [-0.2, -0.15) is 0 Å². The fourth-order valence-electron chi connectivity index (χ4n) is 5.43. The zero-order valence-corrected chi connectivity index (χ0v) is 20.4. The van der Waals surface area contributed by atoms with Crippen LogP contribution in [-0.2, 0) is 4.74 Å². The average molecular weight is 494 g/mol. The van der Waals surface area contributed by atoms with Gasteiger partial charge in [-0.3, -0.25) is 4.90 Å². The highest BCUT2D eigenvalue weighted by molar-refractivity contribution is 5.44. The van der Waals surface area contributed by atoms with Gasteiger partial charge in [-0.15, -0.1) is 29.7 Å². The summed E-state index contributed by atoms with van der Waals surface area (Å²) in [6.45, 7) is 7.81. The summed E-state index contributed by atoms with van der Waals surface area (Å²) in [5.74, 6) is 2.34. The fourth-order valence-corrected chi connectivity index (χ4v) is 5.43. The maximum absolute atomic E-state index is 6.32. The fraction of sp³-hybridized carbons (Fsp3) is 0.636. The average Bonchev–Trinajstić information content (AvgIpc) is 3.59. The van der Waals surface area contributed by atoms with E-state index in [2.05, 4.69) is 63.3 Å². The molecule has 2 aliphatic rings. The Kier molecular flexibility index (Phi) is 6.51. The molecule has 2 saturated heterocycles. The van der Waals surface area contributed by atoms with Crippen LogP contribution >= 0.6 is 0 Å². The van der Waals surface area contributed by atoms with Crippen LogP contribution in [0, 0.1) is 5.92 Å². The first-order chi connectivity index (χ1) is 17.8. The molecule has 2 fully saturated rings. The molecule has 36 heavy (non-hydrogen) atoms. The lowest BCUT2D eigenvalue weighted by Gasteiger charge is -2.44. The highest BCUT2D eigenvalue weighted by Gasteiger charge is 2.33. The molecule has 0 amide bonds. The summed E-state index contributed by atoms with van der Waals surface area (Å²) in [7, 11) is 0. The molecule has 0 bridgehead atoms. The molecule has 3 atom stereocenters. The van der Waals surface area contributed by atoms with Gasteiger partial charge >= 0.3 is 0 Å². The summed E-state index contributed by atoms with van der Waals surface area (Å²) in [5, 5.41) is 35.3. The first kappa shape index (κ1) is 22.9. The lowest BCUT2D eigenvalue weighted by atomic mass is 9.88. The lowest BCUT2D eigenvalue weighted by molar-refractivity contribution is -0.0621. The topological polar surface area (TPSA) is 140 Å². The summed E-state index contributed by atoms with van der Waals surface area (Å²) in [5.41, 5.74) is 1.30. The highest BCUT2D eigenvalue weighted by atomic mass is 16.5. The van der Waals surface area contributed by atoms with Gasteiger partial charge in [0, 0.05) is 45.4 Å². The second-order valence-corrected chi connectivity index (χ2v) is 9.48. The first-order valence-corrected chi connectivity index (χ1v) is 12.7. The van der Waals surface area contributed by atoms with E-state index < -0.39 is 0 Å². The largest absolute Gasteiger partial charge is 0.377 e. The van der Waals surface area contributed by atoms with Gasteiger partial charge in [0.25, 0.3) is 0 Å². The van der Waals surface area contributed by atoms with Gasteiger partial charge in [-0.25, -0.2) is 0 Å². The molecule has 14 heteroatoms. The molecular weight excluding hydrogens is 462 g/mol. The van der Waals surface area contributed by atoms with Crippen LogP contribution in [-0.4, -0.2) is 107 Å². The molecule has 190 valence electrons. The smallest absolute Gasteiger partial charge is 0.200 e. The van der Waals surface area contributed by atoms with Crippen molar-refractivity contribution in [1.82, 2.24) is 55.4 Å². The van der Waals surface area contributed by atoms with E-state index in [-0.39, 0.29) is 6.10 Å². The van der Waals surface area contributed by atoms with E-state index in [4.69, 9.17) is 4.74 Å². The normalized spacial score (nSPS) is 22.3. The molecule has 6 heterocycles. The lowest BCUT2D eigenvalue weighted by Crippen LogP contribution is -2.55. The molecule has 0 aliphatic carbocycles. The number of piperazine rings is 1. The minimum atomic E-state index is 0.270. The number of rotatable bonds is 8. The van der Waals surface area contributed by atoms with Crippen LogP contribution in [0.2, 0.25) is 0 Å². The molecule has 0 aromatic carbocycles. The van der Waals surface area contributed by atoms with Crippen LogP contribution in [0.5, 0.6) is 0 Å². The zero-order valence-electron chi connectivity index (χ0n) is 20.4. The van der Waals surface area contributed by atoms with Gasteiger partial charge in [0.15, 0.2) is 17.1 Å². The number of aromatic nitrogens is 10. The van der Waals surface area contributed by atoms with Gasteiger partial charge in [0.1, 0.15) is 5.82 Å². The number of anilines is 2. The third-order valence-electron chi connectivity index (χ3n) is 7.36. The van der Waals surface area contributed by atoms with Crippen molar-refractivity contribution in [1.29, 1.82) is 0 Å². The molecule has 1 N–H and O–H groups in total. The molecular formula is C22H31N13O. The van der Waals surface area contributed by atoms with Gasteiger partial charge < -0.3 is 15.0 Å². The van der Waals surface area contributed by atoms with Crippen LogP contribution in [0.15, 0.2) is 24.3 Å². The monoisotopic (exact) mass is 493 g/mol. The van der Waals surface area contributed by atoms with Crippen molar-refractivity contribution >= 4 is 22.9 Å². The second kappa shape index (κ2) is 10.2. The zero-order chi connectivity index (χ0) is 24.3. The summed E-state index contributed by atoms with van der Waals surface area (Å²) >= 11 is 0. The Morgan fingerprint density at radius 1 is 0.972 bits per heavy atom. The van der Waals surface area contributed by atoms with Crippen LogP contribution in [0.1, 0.15) is 32.6 Å². The number of ether oxygens (including phenoxy) is 1. The van der Waals surface area contributed by atoms with E-state index in [0.29, 0.717) is 23.3 Å². The van der Waals surface area contributed by atoms with Crippen molar-refractivity contribution in [2.24, 2.45) is 5.92 Å². The summed E-state index contributed by atoms with van der Waals surface area (Å²) in [6.07, 6.45) is 4.64.